The molecule has 1 atom stereocenters. The molecule has 1 aromatic carbocycles. The van der Waals surface area contributed by atoms with Gasteiger partial charge in [-0.3, -0.25) is 14.9 Å². The molecule has 116 valence electrons. The number of thioether (sulfide) groups is 1. The maximum Gasteiger partial charge on any atom is 0.269 e. The summed E-state index contributed by atoms with van der Waals surface area (Å²) in [6.45, 7) is 6.05. The molecule has 6 heteroatoms. The monoisotopic (exact) mass is 310 g/mol. The van der Waals surface area contributed by atoms with Crippen LogP contribution in [0.15, 0.2) is 24.3 Å². The number of non-ortho nitro benzene ring substituents is 1. The third-order valence-corrected chi connectivity index (χ3v) is 4.57. The number of nitro benzene ring substituents is 1. The highest BCUT2D eigenvalue weighted by Gasteiger charge is 2.14. The van der Waals surface area contributed by atoms with E-state index in [0.29, 0.717) is 5.75 Å². The highest BCUT2D eigenvalue weighted by atomic mass is 32.2. The molecule has 0 aliphatic carbocycles. The third-order valence-electron chi connectivity index (χ3n) is 3.37. The van der Waals surface area contributed by atoms with Crippen LogP contribution in [-0.2, 0) is 4.79 Å². The Hall–Kier alpha value is -1.56. The number of carbonyl (C=O) groups excluding carboxylic acids is 1. The molecule has 0 saturated carbocycles. The van der Waals surface area contributed by atoms with E-state index in [-0.39, 0.29) is 22.9 Å². The molecule has 1 N–H and O–H groups in total. The van der Waals surface area contributed by atoms with Gasteiger partial charge in [0.05, 0.1) is 10.7 Å². The van der Waals surface area contributed by atoms with Crippen LogP contribution in [0, 0.1) is 10.1 Å². The number of nitro groups is 1. The van der Waals surface area contributed by atoms with E-state index in [2.05, 4.69) is 5.32 Å². The van der Waals surface area contributed by atoms with Crippen molar-refractivity contribution in [2.45, 2.75) is 44.9 Å². The summed E-state index contributed by atoms with van der Waals surface area (Å²) in [6, 6.07) is 6.79. The van der Waals surface area contributed by atoms with E-state index < -0.39 is 4.92 Å². The number of hydrogen-bond acceptors (Lipinski definition) is 4. The molecular weight excluding hydrogens is 288 g/mol. The predicted octanol–water partition coefficient (Wildman–Crippen LogP) is 3.69. The van der Waals surface area contributed by atoms with Crippen LogP contribution in [0.3, 0.4) is 0 Å². The van der Waals surface area contributed by atoms with Gasteiger partial charge in [0.2, 0.25) is 5.91 Å². The van der Waals surface area contributed by atoms with Crippen LogP contribution < -0.4 is 5.32 Å². The van der Waals surface area contributed by atoms with Crippen LogP contribution in [0.2, 0.25) is 0 Å². The van der Waals surface area contributed by atoms with E-state index in [0.717, 1.165) is 18.4 Å². The highest BCUT2D eigenvalue weighted by Crippen LogP contribution is 2.29. The summed E-state index contributed by atoms with van der Waals surface area (Å²) in [7, 11) is 0. The summed E-state index contributed by atoms with van der Waals surface area (Å²) in [5.41, 5.74) is 0.950. The summed E-state index contributed by atoms with van der Waals surface area (Å²) < 4.78 is 0. The van der Waals surface area contributed by atoms with Gasteiger partial charge < -0.3 is 5.32 Å². The van der Waals surface area contributed by atoms with Crippen molar-refractivity contribution in [3.63, 3.8) is 0 Å². The van der Waals surface area contributed by atoms with Crippen LogP contribution in [0.25, 0.3) is 0 Å². The Labute approximate surface area is 129 Å². The fourth-order valence-electron chi connectivity index (χ4n) is 1.95. The van der Waals surface area contributed by atoms with Crippen molar-refractivity contribution in [2.24, 2.45) is 0 Å². The van der Waals surface area contributed by atoms with Crippen molar-refractivity contribution in [1.82, 2.24) is 5.32 Å². The summed E-state index contributed by atoms with van der Waals surface area (Å²) in [4.78, 5) is 22.2. The maximum absolute atomic E-state index is 11.8. The number of amides is 1. The van der Waals surface area contributed by atoms with E-state index in [1.807, 2.05) is 26.8 Å². The largest absolute Gasteiger partial charge is 0.353 e. The Bertz CT molecular complexity index is 490. The predicted molar refractivity (Wildman–Crippen MR) is 86.5 cm³/mol. The standard InChI is InChI=1S/C15H22N2O3S/c1-4-13(5-2)16-15(18)10-21-11(3)12-7-6-8-14(9-12)17(19)20/h6-9,11,13H,4-5,10H2,1-3H3,(H,16,18)/t11-/m0/s1. The van der Waals surface area contributed by atoms with Gasteiger partial charge in [-0.05, 0) is 25.3 Å². The van der Waals surface area contributed by atoms with Crippen molar-refractivity contribution in [3.8, 4) is 0 Å². The minimum absolute atomic E-state index is 0.0194. The van der Waals surface area contributed by atoms with E-state index >= 15 is 0 Å². The molecule has 0 aliphatic heterocycles. The number of carbonyl (C=O) groups is 1. The van der Waals surface area contributed by atoms with Gasteiger partial charge in [-0.25, -0.2) is 0 Å². The topological polar surface area (TPSA) is 72.2 Å². The molecular formula is C15H22N2O3S. The normalized spacial score (nSPS) is 12.2. The van der Waals surface area contributed by atoms with Gasteiger partial charge in [-0.15, -0.1) is 11.8 Å². The Morgan fingerprint density at radius 3 is 2.62 bits per heavy atom. The van der Waals surface area contributed by atoms with Crippen molar-refractivity contribution in [1.29, 1.82) is 0 Å². The molecule has 21 heavy (non-hydrogen) atoms. The lowest BCUT2D eigenvalue weighted by molar-refractivity contribution is -0.384. The van der Waals surface area contributed by atoms with Crippen molar-refractivity contribution in [3.05, 3.63) is 39.9 Å². The van der Waals surface area contributed by atoms with Gasteiger partial charge in [-0.1, -0.05) is 26.0 Å². The molecule has 1 aromatic rings. The minimum Gasteiger partial charge on any atom is -0.353 e. The van der Waals surface area contributed by atoms with E-state index in [1.165, 1.54) is 17.8 Å². The van der Waals surface area contributed by atoms with Crippen molar-refractivity contribution < 1.29 is 9.72 Å². The zero-order valence-corrected chi connectivity index (χ0v) is 13.5. The average Bonchev–Trinajstić information content (AvgIpc) is 2.50. The highest BCUT2D eigenvalue weighted by molar-refractivity contribution is 8.00. The van der Waals surface area contributed by atoms with Crippen molar-refractivity contribution in [2.75, 3.05) is 5.75 Å². The SMILES string of the molecule is CCC(CC)NC(=O)CS[C@@H](C)c1cccc([N+](=O)[O-])c1. The Morgan fingerprint density at radius 1 is 1.38 bits per heavy atom. The molecule has 0 aromatic heterocycles. The molecule has 0 unspecified atom stereocenters. The molecule has 1 amide bonds. The molecule has 0 saturated heterocycles. The second-order valence-corrected chi connectivity index (χ2v) is 6.22. The third kappa shape index (κ3) is 5.75. The van der Waals surface area contributed by atoms with Gasteiger partial charge in [0.1, 0.15) is 0 Å². The lowest BCUT2D eigenvalue weighted by Crippen LogP contribution is -2.35. The number of rotatable bonds is 8. The second-order valence-electron chi connectivity index (χ2n) is 4.89. The Morgan fingerprint density at radius 2 is 2.05 bits per heavy atom. The number of benzene rings is 1. The maximum atomic E-state index is 11.8. The summed E-state index contributed by atoms with van der Waals surface area (Å²) in [5, 5.41) is 13.8. The Kier molecular flexibility index (Phi) is 7.22. The second kappa shape index (κ2) is 8.67. The first-order valence-electron chi connectivity index (χ1n) is 7.13. The fraction of sp³-hybridized carbons (Fsp3) is 0.533. The van der Waals surface area contributed by atoms with Gasteiger partial charge in [0.25, 0.3) is 5.69 Å². The van der Waals surface area contributed by atoms with E-state index in [4.69, 9.17) is 0 Å². The lowest BCUT2D eigenvalue weighted by Gasteiger charge is -2.16. The average molecular weight is 310 g/mol. The molecule has 0 aliphatic rings. The van der Waals surface area contributed by atoms with Crippen LogP contribution in [-0.4, -0.2) is 22.6 Å². The smallest absolute Gasteiger partial charge is 0.269 e. The van der Waals surface area contributed by atoms with Gasteiger partial charge in [0, 0.05) is 23.4 Å². The van der Waals surface area contributed by atoms with Gasteiger partial charge >= 0.3 is 0 Å². The zero-order valence-electron chi connectivity index (χ0n) is 12.7. The van der Waals surface area contributed by atoms with Crippen molar-refractivity contribution >= 4 is 23.4 Å². The van der Waals surface area contributed by atoms with Gasteiger partial charge in [-0.2, -0.15) is 0 Å². The first-order chi connectivity index (χ1) is 9.97. The molecule has 1 rings (SSSR count). The molecule has 0 fully saturated rings. The number of nitrogens with one attached hydrogen (secondary N) is 1. The van der Waals surface area contributed by atoms with Gasteiger partial charge in [0.15, 0.2) is 0 Å². The molecule has 0 heterocycles. The number of hydrogen-bond donors (Lipinski definition) is 1. The lowest BCUT2D eigenvalue weighted by atomic mass is 10.1. The summed E-state index contributed by atoms with van der Waals surface area (Å²) in [6.07, 6.45) is 1.85. The van der Waals surface area contributed by atoms with E-state index in [1.54, 1.807) is 12.1 Å². The molecule has 0 radical (unpaired) electrons. The zero-order chi connectivity index (χ0) is 15.8. The minimum atomic E-state index is -0.402. The van der Waals surface area contributed by atoms with Crippen LogP contribution in [0.5, 0.6) is 0 Å². The summed E-state index contributed by atoms with van der Waals surface area (Å²) in [5.74, 6) is 0.381. The Balaban J connectivity index is 2.53. The first-order valence-corrected chi connectivity index (χ1v) is 8.18. The first kappa shape index (κ1) is 17.5. The van der Waals surface area contributed by atoms with Crippen LogP contribution in [0.4, 0.5) is 5.69 Å². The molecule has 0 bridgehead atoms. The van der Waals surface area contributed by atoms with Crippen LogP contribution >= 0.6 is 11.8 Å². The fourth-order valence-corrected chi connectivity index (χ4v) is 2.77. The molecule has 5 nitrogen and oxygen atoms in total. The van der Waals surface area contributed by atoms with Crippen LogP contribution in [0.1, 0.15) is 44.4 Å². The van der Waals surface area contributed by atoms with E-state index in [9.17, 15) is 14.9 Å². The number of nitrogens with zero attached hydrogens (tertiary/aromatic N) is 1. The molecule has 0 spiro atoms. The quantitative estimate of drug-likeness (QED) is 0.587. The summed E-state index contributed by atoms with van der Waals surface area (Å²) >= 11 is 1.49.